The number of rotatable bonds is 21. The van der Waals surface area contributed by atoms with Crippen LogP contribution in [0, 0.1) is 5.41 Å². The molecule has 260 valence electrons. The zero-order valence-corrected chi connectivity index (χ0v) is 28.3. The largest absolute Gasteiger partial charge is 0.494 e. The minimum Gasteiger partial charge on any atom is -0.494 e. The van der Waals surface area contributed by atoms with E-state index in [-0.39, 0.29) is 12.2 Å². The van der Waals surface area contributed by atoms with Crippen molar-refractivity contribution in [2.75, 3.05) is 53.0 Å². The Morgan fingerprint density at radius 1 is 0.688 bits per heavy atom. The Labute approximate surface area is 283 Å². The van der Waals surface area contributed by atoms with E-state index in [0.717, 1.165) is 57.5 Å². The molecule has 10 heteroatoms. The zero-order chi connectivity index (χ0) is 34.5. The van der Waals surface area contributed by atoms with Gasteiger partial charge < -0.3 is 37.9 Å². The van der Waals surface area contributed by atoms with Crippen molar-refractivity contribution >= 4 is 11.9 Å². The van der Waals surface area contributed by atoms with Gasteiger partial charge in [0.1, 0.15) is 28.7 Å². The molecule has 1 fully saturated rings. The fraction of sp³-hybridized carbons (Fsp3) is 0.421. The fourth-order valence-corrected chi connectivity index (χ4v) is 4.23. The smallest absolute Gasteiger partial charge is 0.343 e. The molecule has 3 aromatic carbocycles. The third-order valence-corrected chi connectivity index (χ3v) is 6.92. The van der Waals surface area contributed by atoms with E-state index in [1.54, 1.807) is 48.5 Å². The summed E-state index contributed by atoms with van der Waals surface area (Å²) in [4.78, 5) is 23.6. The van der Waals surface area contributed by atoms with Gasteiger partial charge in [-0.2, -0.15) is 0 Å². The molecule has 0 aromatic heterocycles. The van der Waals surface area contributed by atoms with Crippen LogP contribution >= 0.6 is 0 Å². The first-order valence-electron chi connectivity index (χ1n) is 16.4. The summed E-state index contributed by atoms with van der Waals surface area (Å²) in [6.45, 7) is 14.0. The van der Waals surface area contributed by atoms with E-state index in [0.29, 0.717) is 54.8 Å². The van der Waals surface area contributed by atoms with E-state index in [1.807, 2.05) is 38.1 Å². The summed E-state index contributed by atoms with van der Waals surface area (Å²) in [5, 5.41) is 0. The van der Waals surface area contributed by atoms with Gasteiger partial charge in [0.25, 0.3) is 0 Å². The maximum absolute atomic E-state index is 12.5. The van der Waals surface area contributed by atoms with Crippen LogP contribution in [0.25, 0.3) is 0 Å². The normalized spacial score (nSPS) is 12.7. The van der Waals surface area contributed by atoms with Gasteiger partial charge in [-0.1, -0.05) is 27.4 Å². The lowest BCUT2D eigenvalue weighted by Gasteiger charge is -2.37. The molecule has 0 unspecified atom stereocenters. The monoisotopic (exact) mass is 664 g/mol. The SMILES string of the molecule is C=CC(=O)OCCCCOc1ccc(C(=O)Oc2ccc(OCOc3ccc(OCCCCOCC4(C)COC4)cc3)cc2)cc1.CC. The highest BCUT2D eigenvalue weighted by Crippen LogP contribution is 2.26. The Bertz CT molecular complexity index is 1350. The highest BCUT2D eigenvalue weighted by molar-refractivity contribution is 5.91. The zero-order valence-electron chi connectivity index (χ0n) is 28.3. The van der Waals surface area contributed by atoms with Gasteiger partial charge in [-0.05, 0) is 98.5 Å². The first-order valence-corrected chi connectivity index (χ1v) is 16.4. The first-order chi connectivity index (χ1) is 23.4. The maximum Gasteiger partial charge on any atom is 0.343 e. The van der Waals surface area contributed by atoms with Crippen molar-refractivity contribution in [3.05, 3.63) is 91.0 Å². The summed E-state index contributed by atoms with van der Waals surface area (Å²) >= 11 is 0. The summed E-state index contributed by atoms with van der Waals surface area (Å²) in [6, 6.07) is 20.8. The molecule has 0 N–H and O–H groups in total. The average Bonchev–Trinajstić information content (AvgIpc) is 3.11. The number of benzene rings is 3. The highest BCUT2D eigenvalue weighted by Gasteiger charge is 2.33. The molecule has 48 heavy (non-hydrogen) atoms. The van der Waals surface area contributed by atoms with Crippen LogP contribution in [-0.2, 0) is 19.0 Å². The van der Waals surface area contributed by atoms with Gasteiger partial charge in [0.2, 0.25) is 6.79 Å². The van der Waals surface area contributed by atoms with Crippen molar-refractivity contribution in [2.24, 2.45) is 5.41 Å². The first kappa shape index (κ1) is 37.9. The summed E-state index contributed by atoms with van der Waals surface area (Å²) in [7, 11) is 0. The number of hydrogen-bond acceptors (Lipinski definition) is 10. The quantitative estimate of drug-likeness (QED) is 0.0375. The van der Waals surface area contributed by atoms with E-state index >= 15 is 0 Å². The van der Waals surface area contributed by atoms with Gasteiger partial charge in [0, 0.05) is 18.1 Å². The van der Waals surface area contributed by atoms with Gasteiger partial charge in [0.05, 0.1) is 45.2 Å². The van der Waals surface area contributed by atoms with Crippen LogP contribution in [0.3, 0.4) is 0 Å². The number of hydrogen-bond donors (Lipinski definition) is 0. The summed E-state index contributed by atoms with van der Waals surface area (Å²) in [5.41, 5.74) is 0.582. The van der Waals surface area contributed by atoms with Crippen LogP contribution in [-0.4, -0.2) is 65.0 Å². The number of ether oxygens (including phenoxy) is 8. The average molecular weight is 665 g/mol. The second-order valence-corrected chi connectivity index (χ2v) is 11.1. The van der Waals surface area contributed by atoms with Crippen molar-refractivity contribution in [3.63, 3.8) is 0 Å². The molecule has 1 heterocycles. The molecule has 0 saturated carbocycles. The minimum absolute atomic E-state index is 0.0156. The van der Waals surface area contributed by atoms with Crippen LogP contribution in [0.5, 0.6) is 28.7 Å². The summed E-state index contributed by atoms with van der Waals surface area (Å²) < 4.78 is 44.2. The molecule has 0 atom stereocenters. The Balaban J connectivity index is 0.00000307. The highest BCUT2D eigenvalue weighted by atomic mass is 16.7. The standard InChI is InChI=1S/C36H42O10.C2H6/c1-3-34(37)43-23-7-6-22-41-29-10-8-28(9-11-29)35(38)46-33-18-16-32(17-19-33)45-27-44-31-14-12-30(13-15-31)42-21-5-4-20-39-24-36(2)25-40-26-36;1-2/h3,8-19H,1,4-7,20-27H2,2H3;1-2H3. The van der Waals surface area contributed by atoms with Crippen molar-refractivity contribution in [1.82, 2.24) is 0 Å². The number of unbranched alkanes of at least 4 members (excludes halogenated alkanes) is 2. The number of carbonyl (C=O) groups excluding carboxylic acids is 2. The summed E-state index contributed by atoms with van der Waals surface area (Å²) in [6.07, 6.45) is 4.40. The third-order valence-electron chi connectivity index (χ3n) is 6.92. The Kier molecular flexibility index (Phi) is 16.9. The van der Waals surface area contributed by atoms with Crippen LogP contribution < -0.4 is 23.7 Å². The molecule has 0 radical (unpaired) electrons. The topological polar surface area (TPSA) is 108 Å². The second-order valence-electron chi connectivity index (χ2n) is 11.1. The van der Waals surface area contributed by atoms with Crippen molar-refractivity contribution in [3.8, 4) is 28.7 Å². The lowest BCUT2D eigenvalue weighted by atomic mass is 9.90. The lowest BCUT2D eigenvalue weighted by Crippen LogP contribution is -2.43. The van der Waals surface area contributed by atoms with Gasteiger partial charge >= 0.3 is 11.9 Å². The van der Waals surface area contributed by atoms with Gasteiger partial charge in [-0.15, -0.1) is 0 Å². The van der Waals surface area contributed by atoms with Crippen molar-refractivity contribution < 1.29 is 47.5 Å². The molecule has 1 aliphatic rings. The molecule has 0 aliphatic carbocycles. The molecular formula is C38H48O10. The van der Waals surface area contributed by atoms with E-state index < -0.39 is 11.9 Å². The lowest BCUT2D eigenvalue weighted by molar-refractivity contribution is -0.138. The fourth-order valence-electron chi connectivity index (χ4n) is 4.23. The molecule has 3 aromatic rings. The van der Waals surface area contributed by atoms with Crippen LogP contribution in [0.1, 0.15) is 56.8 Å². The van der Waals surface area contributed by atoms with Crippen molar-refractivity contribution in [1.29, 1.82) is 0 Å². The van der Waals surface area contributed by atoms with Gasteiger partial charge in [-0.25, -0.2) is 9.59 Å². The van der Waals surface area contributed by atoms with Crippen LogP contribution in [0.4, 0.5) is 0 Å². The van der Waals surface area contributed by atoms with Crippen LogP contribution in [0.2, 0.25) is 0 Å². The molecule has 4 rings (SSSR count). The third kappa shape index (κ3) is 14.1. The van der Waals surface area contributed by atoms with Gasteiger partial charge in [-0.3, -0.25) is 0 Å². The number of carbonyl (C=O) groups is 2. The summed E-state index contributed by atoms with van der Waals surface area (Å²) in [5.74, 6) is 2.10. The van der Waals surface area contributed by atoms with E-state index in [1.165, 1.54) is 0 Å². The molecule has 10 nitrogen and oxygen atoms in total. The predicted octanol–water partition coefficient (Wildman–Crippen LogP) is 7.45. The Hall–Kier alpha value is -4.54. The maximum atomic E-state index is 12.5. The minimum atomic E-state index is -0.487. The second kappa shape index (κ2) is 21.4. The van der Waals surface area contributed by atoms with E-state index in [9.17, 15) is 9.59 Å². The Morgan fingerprint density at radius 3 is 1.65 bits per heavy atom. The van der Waals surface area contributed by atoms with Crippen LogP contribution in [0.15, 0.2) is 85.5 Å². The van der Waals surface area contributed by atoms with E-state index in [4.69, 9.17) is 37.9 Å². The molecule has 0 bridgehead atoms. The molecular weight excluding hydrogens is 616 g/mol. The molecule has 1 saturated heterocycles. The predicted molar refractivity (Wildman–Crippen MR) is 182 cm³/mol. The molecule has 0 amide bonds. The molecule has 0 spiro atoms. The Morgan fingerprint density at radius 2 is 1.15 bits per heavy atom. The number of esters is 2. The van der Waals surface area contributed by atoms with Gasteiger partial charge in [0.15, 0.2) is 0 Å². The van der Waals surface area contributed by atoms with Crippen molar-refractivity contribution in [2.45, 2.75) is 46.5 Å². The molecule has 1 aliphatic heterocycles. The van der Waals surface area contributed by atoms with E-state index in [2.05, 4.69) is 13.5 Å².